The van der Waals surface area contributed by atoms with Crippen LogP contribution >= 0.6 is 11.6 Å². The number of rotatable bonds is 6. The van der Waals surface area contributed by atoms with Crippen molar-refractivity contribution < 1.29 is 9.84 Å². The molecule has 1 aromatic rings. The molecule has 2 N–H and O–H groups in total. The second-order valence-electron chi connectivity index (χ2n) is 3.08. The van der Waals surface area contributed by atoms with Crippen LogP contribution in [0.15, 0.2) is 0 Å². The number of nitrogens with zero attached hydrogens (tertiary/aromatic N) is 3. The second kappa shape index (κ2) is 6.44. The lowest BCUT2D eigenvalue weighted by Gasteiger charge is -2.13. The van der Waals surface area contributed by atoms with E-state index in [1.165, 1.54) is 0 Å². The molecule has 0 aliphatic carbocycles. The zero-order valence-electron chi connectivity index (χ0n) is 9.27. The predicted molar refractivity (Wildman–Crippen MR) is 60.8 cm³/mol. The van der Waals surface area contributed by atoms with E-state index in [9.17, 15) is 0 Å². The van der Waals surface area contributed by atoms with Crippen molar-refractivity contribution in [3.05, 3.63) is 5.28 Å². The summed E-state index contributed by atoms with van der Waals surface area (Å²) in [6, 6.07) is 0.0748. The second-order valence-corrected chi connectivity index (χ2v) is 3.41. The van der Waals surface area contributed by atoms with Gasteiger partial charge in [-0.2, -0.15) is 15.0 Å². The van der Waals surface area contributed by atoms with Crippen LogP contribution in [-0.2, 0) is 0 Å². The molecule has 7 heteroatoms. The third-order valence-electron chi connectivity index (χ3n) is 1.91. The minimum atomic E-state index is -0.104. The summed E-state index contributed by atoms with van der Waals surface area (Å²) >= 11 is 5.71. The lowest BCUT2D eigenvalue weighted by molar-refractivity contribution is 0.270. The fraction of sp³-hybridized carbons (Fsp3) is 0.667. The highest BCUT2D eigenvalue weighted by molar-refractivity contribution is 6.28. The van der Waals surface area contributed by atoms with Crippen LogP contribution in [0.25, 0.3) is 0 Å². The number of anilines is 1. The molecular formula is C9H15ClN4O2. The molecule has 0 aromatic carbocycles. The van der Waals surface area contributed by atoms with E-state index < -0.39 is 0 Å². The quantitative estimate of drug-likeness (QED) is 0.783. The van der Waals surface area contributed by atoms with E-state index in [0.717, 1.165) is 6.42 Å². The molecular weight excluding hydrogens is 232 g/mol. The Hall–Kier alpha value is -1.14. The van der Waals surface area contributed by atoms with Crippen LogP contribution < -0.4 is 10.1 Å². The lowest BCUT2D eigenvalue weighted by atomic mass is 10.2. The smallest absolute Gasteiger partial charge is 0.322 e. The van der Waals surface area contributed by atoms with Gasteiger partial charge in [-0.25, -0.2) is 0 Å². The summed E-state index contributed by atoms with van der Waals surface area (Å²) in [6.07, 6.45) is 0.754. The van der Waals surface area contributed by atoms with Crippen LogP contribution in [0.3, 0.4) is 0 Å². The Balaban J connectivity index is 2.78. The molecule has 0 bridgehead atoms. The number of ether oxygens (including phenoxy) is 1. The molecule has 90 valence electrons. The number of hydrogen-bond acceptors (Lipinski definition) is 6. The van der Waals surface area contributed by atoms with Crippen LogP contribution in [0.5, 0.6) is 6.01 Å². The normalized spacial score (nSPS) is 12.2. The Morgan fingerprint density at radius 1 is 1.38 bits per heavy atom. The Kier molecular flexibility index (Phi) is 5.21. The molecule has 0 fully saturated rings. The maximum absolute atomic E-state index is 9.03. The summed E-state index contributed by atoms with van der Waals surface area (Å²) in [7, 11) is 0. The monoisotopic (exact) mass is 246 g/mol. The highest BCUT2D eigenvalue weighted by Crippen LogP contribution is 2.12. The van der Waals surface area contributed by atoms with Crippen molar-refractivity contribution in [1.82, 2.24) is 15.0 Å². The van der Waals surface area contributed by atoms with Crippen LogP contribution in [0.2, 0.25) is 5.28 Å². The van der Waals surface area contributed by atoms with E-state index in [1.807, 2.05) is 13.8 Å². The molecule has 1 atom stereocenters. The molecule has 0 radical (unpaired) electrons. The Labute approximate surface area is 99.0 Å². The van der Waals surface area contributed by atoms with E-state index in [-0.39, 0.29) is 23.9 Å². The average molecular weight is 247 g/mol. The first-order chi connectivity index (χ1) is 7.69. The van der Waals surface area contributed by atoms with Gasteiger partial charge in [0.15, 0.2) is 0 Å². The zero-order valence-corrected chi connectivity index (χ0v) is 10.0. The van der Waals surface area contributed by atoms with Crippen molar-refractivity contribution in [3.8, 4) is 6.01 Å². The summed E-state index contributed by atoms with van der Waals surface area (Å²) in [4.78, 5) is 11.7. The molecule has 0 amide bonds. The largest absolute Gasteiger partial charge is 0.464 e. The summed E-state index contributed by atoms with van der Waals surface area (Å²) < 4.78 is 5.13. The van der Waals surface area contributed by atoms with E-state index in [4.69, 9.17) is 21.4 Å². The minimum Gasteiger partial charge on any atom is -0.464 e. The molecule has 0 spiro atoms. The highest BCUT2D eigenvalue weighted by atomic mass is 35.5. The van der Waals surface area contributed by atoms with Gasteiger partial charge in [0.25, 0.3) is 0 Å². The van der Waals surface area contributed by atoms with Crippen molar-refractivity contribution in [2.45, 2.75) is 26.3 Å². The average Bonchev–Trinajstić information content (AvgIpc) is 2.25. The molecule has 0 aliphatic rings. The Bertz CT molecular complexity index is 333. The number of aliphatic hydroxyl groups is 1. The van der Waals surface area contributed by atoms with Crippen LogP contribution in [0, 0.1) is 0 Å². The molecule has 6 nitrogen and oxygen atoms in total. The zero-order chi connectivity index (χ0) is 12.0. The molecule has 0 saturated carbocycles. The number of aromatic nitrogens is 3. The van der Waals surface area contributed by atoms with E-state index in [0.29, 0.717) is 12.6 Å². The van der Waals surface area contributed by atoms with Crippen LogP contribution in [0.1, 0.15) is 20.3 Å². The SMILES string of the molecule is CCOc1nc(Cl)nc(NC(CC)CO)n1. The van der Waals surface area contributed by atoms with Crippen LogP contribution in [-0.4, -0.2) is 39.3 Å². The van der Waals surface area contributed by atoms with Gasteiger partial charge in [0.2, 0.25) is 11.2 Å². The van der Waals surface area contributed by atoms with Crippen molar-refractivity contribution in [2.75, 3.05) is 18.5 Å². The molecule has 1 heterocycles. The molecule has 1 aromatic heterocycles. The maximum atomic E-state index is 9.03. The standard InChI is InChI=1S/C9H15ClN4O2/c1-3-6(5-15)11-8-12-7(10)13-9(14-8)16-4-2/h6,15H,3-5H2,1-2H3,(H,11,12,13,14). The molecule has 0 aliphatic heterocycles. The van der Waals surface area contributed by atoms with Crippen molar-refractivity contribution >= 4 is 17.5 Å². The van der Waals surface area contributed by atoms with E-state index in [1.54, 1.807) is 0 Å². The maximum Gasteiger partial charge on any atom is 0.322 e. The Morgan fingerprint density at radius 2 is 2.12 bits per heavy atom. The van der Waals surface area contributed by atoms with Gasteiger partial charge in [0.1, 0.15) is 0 Å². The number of nitrogens with one attached hydrogen (secondary N) is 1. The number of hydrogen-bond donors (Lipinski definition) is 2. The van der Waals surface area contributed by atoms with Crippen LogP contribution in [0.4, 0.5) is 5.95 Å². The number of halogens is 1. The van der Waals surface area contributed by atoms with Gasteiger partial charge in [0.05, 0.1) is 19.3 Å². The molecule has 16 heavy (non-hydrogen) atoms. The lowest BCUT2D eigenvalue weighted by Crippen LogP contribution is -2.24. The van der Waals surface area contributed by atoms with Gasteiger partial charge in [-0.15, -0.1) is 0 Å². The van der Waals surface area contributed by atoms with Gasteiger partial charge in [-0.05, 0) is 24.9 Å². The van der Waals surface area contributed by atoms with Crippen molar-refractivity contribution in [1.29, 1.82) is 0 Å². The summed E-state index contributed by atoms with van der Waals surface area (Å²) in [5, 5.41) is 12.0. The summed E-state index contributed by atoms with van der Waals surface area (Å²) in [5.41, 5.74) is 0. The predicted octanol–water partition coefficient (Wildman–Crippen LogP) is 1.11. The van der Waals surface area contributed by atoms with E-state index in [2.05, 4.69) is 20.3 Å². The van der Waals surface area contributed by atoms with Crippen molar-refractivity contribution in [3.63, 3.8) is 0 Å². The highest BCUT2D eigenvalue weighted by Gasteiger charge is 2.09. The van der Waals surface area contributed by atoms with Gasteiger partial charge in [0, 0.05) is 0 Å². The third-order valence-corrected chi connectivity index (χ3v) is 2.08. The fourth-order valence-corrected chi connectivity index (χ4v) is 1.20. The van der Waals surface area contributed by atoms with Gasteiger partial charge < -0.3 is 15.2 Å². The van der Waals surface area contributed by atoms with E-state index >= 15 is 0 Å². The van der Waals surface area contributed by atoms with Gasteiger partial charge in [-0.1, -0.05) is 6.92 Å². The van der Waals surface area contributed by atoms with Gasteiger partial charge in [-0.3, -0.25) is 0 Å². The third kappa shape index (κ3) is 3.79. The van der Waals surface area contributed by atoms with Gasteiger partial charge >= 0.3 is 6.01 Å². The first kappa shape index (κ1) is 12.9. The summed E-state index contributed by atoms with van der Waals surface area (Å²) in [5.74, 6) is 0.310. The Morgan fingerprint density at radius 3 is 2.69 bits per heavy atom. The molecule has 0 saturated heterocycles. The first-order valence-electron chi connectivity index (χ1n) is 5.11. The topological polar surface area (TPSA) is 80.2 Å². The first-order valence-corrected chi connectivity index (χ1v) is 5.49. The summed E-state index contributed by atoms with van der Waals surface area (Å²) in [6.45, 7) is 4.23. The number of aliphatic hydroxyl groups excluding tert-OH is 1. The van der Waals surface area contributed by atoms with Crippen molar-refractivity contribution in [2.24, 2.45) is 0 Å². The fourth-order valence-electron chi connectivity index (χ4n) is 1.05. The minimum absolute atomic E-state index is 0.00374. The molecule has 1 unspecified atom stereocenters. The molecule has 1 rings (SSSR count).